The molecular formula is C26H25F3O10S2. The third-order valence-electron chi connectivity index (χ3n) is 6.85. The quantitative estimate of drug-likeness (QED) is 0.181. The highest BCUT2D eigenvalue weighted by molar-refractivity contribution is 7.88. The molecule has 0 N–H and O–H groups in total. The first-order valence-electron chi connectivity index (χ1n) is 12.2. The molecule has 1 heterocycles. The number of hydrogen-bond donors (Lipinski definition) is 0. The molecule has 2 aromatic carbocycles. The van der Waals surface area contributed by atoms with Crippen molar-refractivity contribution in [2.75, 3.05) is 7.11 Å². The number of methoxy groups -OCH3 is 1. The third-order valence-corrected chi connectivity index (χ3v) is 9.04. The van der Waals surface area contributed by atoms with Gasteiger partial charge in [-0.15, -0.1) is 0 Å². The maximum atomic E-state index is 13.4. The molecule has 10 nitrogen and oxygen atoms in total. The summed E-state index contributed by atoms with van der Waals surface area (Å²) in [6, 6.07) is 5.43. The van der Waals surface area contributed by atoms with Crippen LogP contribution in [0.3, 0.4) is 0 Å². The van der Waals surface area contributed by atoms with Gasteiger partial charge in [0.05, 0.1) is 13.0 Å². The standard InChI is InChI=1S/C26H25F3O10S2/c1-14-4-9-18(10-5-14)40(32,33)38-23-19(11-7-16-6-8-17(12-16)24(30)36-3)22(39-41(34,35)26(27,28)29)15(2)20-13-37-25(31)21(20)23/h4-5,7,9-10,17H,6,8,11-13H2,1-3H3. The second-order valence-corrected chi connectivity index (χ2v) is 12.6. The fourth-order valence-corrected chi connectivity index (χ4v) is 6.15. The Balaban J connectivity index is 1.91. The topological polar surface area (TPSA) is 139 Å². The molecule has 1 aliphatic carbocycles. The summed E-state index contributed by atoms with van der Waals surface area (Å²) in [5.74, 6) is -3.46. The Labute approximate surface area is 234 Å². The molecule has 41 heavy (non-hydrogen) atoms. The summed E-state index contributed by atoms with van der Waals surface area (Å²) in [5, 5.41) is 0. The van der Waals surface area contributed by atoms with Crippen molar-refractivity contribution in [3.8, 4) is 11.5 Å². The number of benzene rings is 2. The van der Waals surface area contributed by atoms with E-state index in [4.69, 9.17) is 13.7 Å². The lowest BCUT2D eigenvalue weighted by Crippen LogP contribution is -2.29. The van der Waals surface area contributed by atoms with Crippen LogP contribution in [0.2, 0.25) is 0 Å². The average molecular weight is 619 g/mol. The molecule has 0 aromatic heterocycles. The minimum Gasteiger partial charge on any atom is -0.469 e. The van der Waals surface area contributed by atoms with Crippen molar-refractivity contribution in [1.82, 2.24) is 0 Å². The number of fused-ring (bicyclic) bond motifs is 1. The summed E-state index contributed by atoms with van der Waals surface area (Å²) in [6.07, 6.45) is 2.22. The lowest BCUT2D eigenvalue weighted by atomic mass is 9.95. The zero-order valence-electron chi connectivity index (χ0n) is 22.0. The van der Waals surface area contributed by atoms with E-state index in [1.165, 1.54) is 44.4 Å². The van der Waals surface area contributed by atoms with Gasteiger partial charge in [0, 0.05) is 16.7 Å². The highest BCUT2D eigenvalue weighted by atomic mass is 32.2. The molecule has 1 unspecified atom stereocenters. The summed E-state index contributed by atoms with van der Waals surface area (Å²) >= 11 is 0. The number of halogens is 3. The first-order chi connectivity index (χ1) is 19.1. The molecule has 222 valence electrons. The van der Waals surface area contributed by atoms with Gasteiger partial charge in [-0.25, -0.2) is 4.79 Å². The van der Waals surface area contributed by atoms with Gasteiger partial charge in [-0.05, 0) is 51.7 Å². The number of hydrogen-bond acceptors (Lipinski definition) is 10. The second-order valence-electron chi connectivity index (χ2n) is 9.55. The zero-order valence-corrected chi connectivity index (χ0v) is 23.7. The molecule has 1 aliphatic heterocycles. The average Bonchev–Trinajstić information content (AvgIpc) is 3.52. The van der Waals surface area contributed by atoms with Crippen molar-refractivity contribution in [1.29, 1.82) is 0 Å². The molecule has 4 rings (SSSR count). The van der Waals surface area contributed by atoms with Crippen LogP contribution in [-0.4, -0.2) is 41.4 Å². The SMILES string of the molecule is COC(=O)C1CCC(=CCc2c(OS(=O)(=O)C(F)(F)F)c(C)c3c(c2OS(=O)(=O)c2ccc(C)cc2)C(=O)OC3)C1. The van der Waals surface area contributed by atoms with Crippen LogP contribution < -0.4 is 8.37 Å². The van der Waals surface area contributed by atoms with E-state index in [0.717, 1.165) is 5.56 Å². The summed E-state index contributed by atoms with van der Waals surface area (Å²) in [7, 11) is -9.66. The molecule has 1 atom stereocenters. The molecule has 2 aliphatic rings. The molecule has 1 fully saturated rings. The van der Waals surface area contributed by atoms with E-state index in [0.29, 0.717) is 18.4 Å². The van der Waals surface area contributed by atoms with E-state index in [-0.39, 0.29) is 28.0 Å². The molecule has 2 aromatic rings. The number of carbonyl (C=O) groups is 2. The van der Waals surface area contributed by atoms with E-state index in [1.807, 2.05) is 0 Å². The predicted octanol–water partition coefficient (Wildman–Crippen LogP) is 4.41. The lowest BCUT2D eigenvalue weighted by Gasteiger charge is -2.20. The van der Waals surface area contributed by atoms with Gasteiger partial charge in [0.1, 0.15) is 17.1 Å². The highest BCUT2D eigenvalue weighted by Gasteiger charge is 2.50. The molecule has 0 saturated heterocycles. The molecule has 15 heteroatoms. The van der Waals surface area contributed by atoms with Crippen molar-refractivity contribution in [3.63, 3.8) is 0 Å². The van der Waals surface area contributed by atoms with Gasteiger partial charge < -0.3 is 17.8 Å². The number of ether oxygens (including phenoxy) is 2. The maximum Gasteiger partial charge on any atom is 0.534 e. The van der Waals surface area contributed by atoms with Crippen LogP contribution in [0.5, 0.6) is 11.5 Å². The minimum absolute atomic E-state index is 0.0838. The summed E-state index contributed by atoms with van der Waals surface area (Å²) in [5.41, 5.74) is -5.47. The molecular weight excluding hydrogens is 593 g/mol. The van der Waals surface area contributed by atoms with Crippen molar-refractivity contribution < 1.29 is 57.4 Å². The monoisotopic (exact) mass is 618 g/mol. The highest BCUT2D eigenvalue weighted by Crippen LogP contribution is 2.46. The Morgan fingerprint density at radius 2 is 1.73 bits per heavy atom. The minimum atomic E-state index is -6.22. The summed E-state index contributed by atoms with van der Waals surface area (Å²) in [4.78, 5) is 24.3. The van der Waals surface area contributed by atoms with Crippen LogP contribution in [0.1, 0.15) is 51.9 Å². The number of aryl methyl sites for hydroxylation is 1. The Hall–Kier alpha value is -3.59. The largest absolute Gasteiger partial charge is 0.534 e. The number of allylic oxidation sites excluding steroid dienone is 2. The maximum absolute atomic E-state index is 13.4. The third kappa shape index (κ3) is 6.05. The van der Waals surface area contributed by atoms with E-state index in [1.54, 1.807) is 6.92 Å². The zero-order chi connectivity index (χ0) is 30.3. The first kappa shape index (κ1) is 30.4. The Morgan fingerprint density at radius 1 is 1.07 bits per heavy atom. The van der Waals surface area contributed by atoms with Gasteiger partial charge in [-0.1, -0.05) is 29.3 Å². The van der Waals surface area contributed by atoms with Gasteiger partial charge in [-0.3, -0.25) is 4.79 Å². The van der Waals surface area contributed by atoms with E-state index in [9.17, 15) is 39.6 Å². The molecule has 1 saturated carbocycles. The number of esters is 2. The fourth-order valence-electron chi connectivity index (χ4n) is 4.64. The first-order valence-corrected chi connectivity index (χ1v) is 15.0. The van der Waals surface area contributed by atoms with Gasteiger partial charge in [0.2, 0.25) is 0 Å². The molecule has 0 radical (unpaired) electrons. The van der Waals surface area contributed by atoms with Crippen molar-refractivity contribution >= 4 is 32.2 Å². The molecule has 0 spiro atoms. The normalized spacial score (nSPS) is 18.2. The van der Waals surface area contributed by atoms with E-state index in [2.05, 4.69) is 4.18 Å². The summed E-state index contributed by atoms with van der Waals surface area (Å²) < 4.78 is 110. The van der Waals surface area contributed by atoms with Crippen LogP contribution in [0.25, 0.3) is 0 Å². The van der Waals surface area contributed by atoms with Gasteiger partial charge >= 0.3 is 37.7 Å². The van der Waals surface area contributed by atoms with Gasteiger partial charge in [0.25, 0.3) is 0 Å². The fraction of sp³-hybridized carbons (Fsp3) is 0.385. The molecule has 0 bridgehead atoms. The Kier molecular flexibility index (Phi) is 8.15. The van der Waals surface area contributed by atoms with E-state index >= 15 is 0 Å². The number of cyclic esters (lactones) is 1. The van der Waals surface area contributed by atoms with Crippen LogP contribution in [0.15, 0.2) is 40.8 Å². The van der Waals surface area contributed by atoms with Crippen molar-refractivity contribution in [2.45, 2.75) is 56.5 Å². The van der Waals surface area contributed by atoms with Gasteiger partial charge in [-0.2, -0.15) is 30.0 Å². The number of carbonyl (C=O) groups excluding carboxylic acids is 2. The predicted molar refractivity (Wildman–Crippen MR) is 136 cm³/mol. The number of alkyl halides is 3. The Bertz CT molecular complexity index is 1640. The van der Waals surface area contributed by atoms with Crippen LogP contribution in [-0.2, 0) is 47.5 Å². The van der Waals surface area contributed by atoms with Gasteiger partial charge in [0.15, 0.2) is 11.5 Å². The lowest BCUT2D eigenvalue weighted by molar-refractivity contribution is -0.145. The van der Waals surface area contributed by atoms with Crippen molar-refractivity contribution in [2.24, 2.45) is 5.92 Å². The second kappa shape index (κ2) is 11.0. The Morgan fingerprint density at radius 3 is 2.34 bits per heavy atom. The number of rotatable bonds is 8. The van der Waals surface area contributed by atoms with E-state index < -0.39 is 73.7 Å². The van der Waals surface area contributed by atoms with Crippen molar-refractivity contribution in [3.05, 3.63) is 63.7 Å². The smallest absolute Gasteiger partial charge is 0.469 e. The van der Waals surface area contributed by atoms with Crippen LogP contribution >= 0.6 is 0 Å². The summed E-state index contributed by atoms with van der Waals surface area (Å²) in [6.45, 7) is 2.45. The van der Waals surface area contributed by atoms with Crippen LogP contribution in [0.4, 0.5) is 13.2 Å². The molecule has 0 amide bonds. The van der Waals surface area contributed by atoms with Crippen LogP contribution in [0, 0.1) is 19.8 Å².